The van der Waals surface area contributed by atoms with E-state index in [9.17, 15) is 19.3 Å². The lowest BCUT2D eigenvalue weighted by molar-refractivity contribution is -0.384. The van der Waals surface area contributed by atoms with E-state index in [2.05, 4.69) is 15.5 Å². The van der Waals surface area contributed by atoms with Gasteiger partial charge in [0.25, 0.3) is 17.5 Å². The molecule has 0 aliphatic heterocycles. The number of nitro benzene ring substituents is 1. The first-order valence-corrected chi connectivity index (χ1v) is 8.77. The van der Waals surface area contributed by atoms with Gasteiger partial charge in [0.05, 0.1) is 21.6 Å². The van der Waals surface area contributed by atoms with Gasteiger partial charge in [0, 0.05) is 17.8 Å². The number of carbonyl (C=O) groups is 1. The molecule has 0 fully saturated rings. The van der Waals surface area contributed by atoms with Crippen LogP contribution in [0.2, 0.25) is 0 Å². The lowest BCUT2D eigenvalue weighted by Crippen LogP contribution is -2.13. The number of rotatable bonds is 5. The van der Waals surface area contributed by atoms with E-state index in [1.807, 2.05) is 0 Å². The Morgan fingerprint density at radius 3 is 2.33 bits per heavy atom. The molecular formula is C21H13FN4O4. The second-order valence-corrected chi connectivity index (χ2v) is 6.21. The minimum Gasteiger partial charge on any atom is -0.334 e. The Morgan fingerprint density at radius 2 is 1.63 bits per heavy atom. The average molecular weight is 404 g/mol. The quantitative estimate of drug-likeness (QED) is 0.381. The second kappa shape index (κ2) is 7.92. The number of non-ortho nitro benzene ring substituents is 1. The molecule has 0 bridgehead atoms. The van der Waals surface area contributed by atoms with E-state index in [0.717, 1.165) is 0 Å². The zero-order valence-electron chi connectivity index (χ0n) is 15.3. The number of carbonyl (C=O) groups excluding carboxylic acids is 1. The fourth-order valence-corrected chi connectivity index (χ4v) is 2.82. The van der Waals surface area contributed by atoms with Crippen molar-refractivity contribution in [3.63, 3.8) is 0 Å². The molecule has 1 aromatic heterocycles. The van der Waals surface area contributed by atoms with Gasteiger partial charge in [0.2, 0.25) is 5.82 Å². The number of anilines is 1. The Balaban J connectivity index is 1.62. The summed E-state index contributed by atoms with van der Waals surface area (Å²) < 4.78 is 19.2. The smallest absolute Gasteiger partial charge is 0.269 e. The fraction of sp³-hybridized carbons (Fsp3) is 0. The molecule has 4 aromatic rings. The molecule has 9 heteroatoms. The largest absolute Gasteiger partial charge is 0.334 e. The Kier molecular flexibility index (Phi) is 5.00. The Bertz CT molecular complexity index is 1240. The first-order chi connectivity index (χ1) is 14.5. The van der Waals surface area contributed by atoms with E-state index in [-0.39, 0.29) is 28.5 Å². The molecule has 4 rings (SSSR count). The topological polar surface area (TPSA) is 111 Å². The maximum atomic E-state index is 14.0. The number of hydrogen-bond acceptors (Lipinski definition) is 6. The Labute approximate surface area is 169 Å². The zero-order chi connectivity index (χ0) is 21.1. The van der Waals surface area contributed by atoms with Crippen molar-refractivity contribution in [3.05, 3.63) is 94.3 Å². The van der Waals surface area contributed by atoms with E-state index < -0.39 is 16.6 Å². The number of amides is 1. The molecular weight excluding hydrogens is 391 g/mol. The van der Waals surface area contributed by atoms with E-state index in [0.29, 0.717) is 11.3 Å². The van der Waals surface area contributed by atoms with Crippen molar-refractivity contribution in [1.29, 1.82) is 0 Å². The minimum absolute atomic E-state index is 0.0581. The van der Waals surface area contributed by atoms with Gasteiger partial charge < -0.3 is 9.84 Å². The van der Waals surface area contributed by atoms with Crippen LogP contribution >= 0.6 is 0 Å². The van der Waals surface area contributed by atoms with Crippen LogP contribution in [-0.4, -0.2) is 21.0 Å². The summed E-state index contributed by atoms with van der Waals surface area (Å²) in [6, 6.07) is 18.0. The number of halogens is 1. The standard InChI is InChI=1S/C21H13FN4O4/c22-18-8-4-3-7-17(18)19-24-21(30-25-19)16-6-2-1-5-15(16)20(27)23-13-9-11-14(12-10-13)26(28)29/h1-12H,(H,23,27). The Morgan fingerprint density at radius 1 is 0.967 bits per heavy atom. The number of nitro groups is 1. The normalized spacial score (nSPS) is 10.6. The number of nitrogens with one attached hydrogen (secondary N) is 1. The molecule has 1 heterocycles. The number of hydrogen-bond donors (Lipinski definition) is 1. The highest BCUT2D eigenvalue weighted by molar-refractivity contribution is 6.08. The summed E-state index contributed by atoms with van der Waals surface area (Å²) in [5.74, 6) is -0.837. The summed E-state index contributed by atoms with van der Waals surface area (Å²) >= 11 is 0. The van der Waals surface area contributed by atoms with Crippen LogP contribution in [0.4, 0.5) is 15.8 Å². The van der Waals surface area contributed by atoms with Gasteiger partial charge in [0.15, 0.2) is 0 Å². The lowest BCUT2D eigenvalue weighted by atomic mass is 10.1. The highest BCUT2D eigenvalue weighted by atomic mass is 19.1. The van der Waals surface area contributed by atoms with Crippen LogP contribution in [0.3, 0.4) is 0 Å². The van der Waals surface area contributed by atoms with Gasteiger partial charge in [-0.3, -0.25) is 14.9 Å². The van der Waals surface area contributed by atoms with E-state index in [4.69, 9.17) is 4.52 Å². The van der Waals surface area contributed by atoms with Crippen molar-refractivity contribution in [2.75, 3.05) is 5.32 Å². The molecule has 1 amide bonds. The van der Waals surface area contributed by atoms with Gasteiger partial charge in [-0.05, 0) is 36.4 Å². The summed E-state index contributed by atoms with van der Waals surface area (Å²) in [7, 11) is 0. The second-order valence-electron chi connectivity index (χ2n) is 6.21. The van der Waals surface area contributed by atoms with Crippen molar-refractivity contribution in [1.82, 2.24) is 10.1 Å². The third-order valence-electron chi connectivity index (χ3n) is 4.28. The predicted octanol–water partition coefficient (Wildman–Crippen LogP) is 4.70. The summed E-state index contributed by atoms with van der Waals surface area (Å²) in [4.78, 5) is 27.2. The molecule has 1 N–H and O–H groups in total. The monoisotopic (exact) mass is 404 g/mol. The lowest BCUT2D eigenvalue weighted by Gasteiger charge is -2.07. The molecule has 0 saturated carbocycles. The molecule has 0 unspecified atom stereocenters. The molecule has 0 spiro atoms. The summed E-state index contributed by atoms with van der Waals surface area (Å²) in [5, 5.41) is 17.2. The summed E-state index contributed by atoms with van der Waals surface area (Å²) in [6.45, 7) is 0. The van der Waals surface area contributed by atoms with Crippen LogP contribution in [0.1, 0.15) is 10.4 Å². The minimum atomic E-state index is -0.524. The van der Waals surface area contributed by atoms with Crippen LogP contribution < -0.4 is 5.32 Å². The third-order valence-corrected chi connectivity index (χ3v) is 4.28. The van der Waals surface area contributed by atoms with Crippen LogP contribution in [0.5, 0.6) is 0 Å². The molecule has 0 aliphatic rings. The van der Waals surface area contributed by atoms with Crippen molar-refractivity contribution >= 4 is 17.3 Å². The van der Waals surface area contributed by atoms with E-state index >= 15 is 0 Å². The summed E-state index contributed by atoms with van der Waals surface area (Å²) in [6.07, 6.45) is 0. The molecule has 0 radical (unpaired) electrons. The maximum absolute atomic E-state index is 14.0. The number of benzene rings is 3. The van der Waals surface area contributed by atoms with Crippen molar-refractivity contribution in [2.24, 2.45) is 0 Å². The van der Waals surface area contributed by atoms with Crippen molar-refractivity contribution < 1.29 is 18.6 Å². The van der Waals surface area contributed by atoms with Gasteiger partial charge in [-0.2, -0.15) is 4.98 Å². The molecule has 148 valence electrons. The highest BCUT2D eigenvalue weighted by Crippen LogP contribution is 2.27. The van der Waals surface area contributed by atoms with Crippen molar-refractivity contribution in [2.45, 2.75) is 0 Å². The predicted molar refractivity (Wildman–Crippen MR) is 106 cm³/mol. The van der Waals surface area contributed by atoms with Gasteiger partial charge in [-0.25, -0.2) is 4.39 Å². The number of aromatic nitrogens is 2. The molecule has 8 nitrogen and oxygen atoms in total. The van der Waals surface area contributed by atoms with Gasteiger partial charge >= 0.3 is 0 Å². The zero-order valence-corrected chi connectivity index (χ0v) is 15.3. The molecule has 0 aliphatic carbocycles. The molecule has 0 atom stereocenters. The summed E-state index contributed by atoms with van der Waals surface area (Å²) in [5.41, 5.74) is 1.10. The van der Waals surface area contributed by atoms with E-state index in [1.165, 1.54) is 36.4 Å². The SMILES string of the molecule is O=C(Nc1ccc([N+](=O)[O-])cc1)c1ccccc1-c1nc(-c2ccccc2F)no1. The van der Waals surface area contributed by atoms with Crippen LogP contribution in [-0.2, 0) is 0 Å². The van der Waals surface area contributed by atoms with Gasteiger partial charge in [0.1, 0.15) is 5.82 Å². The Hall–Kier alpha value is -4.40. The third kappa shape index (κ3) is 3.76. The molecule has 0 saturated heterocycles. The van der Waals surface area contributed by atoms with Crippen LogP contribution in [0, 0.1) is 15.9 Å². The first kappa shape index (κ1) is 18.9. The van der Waals surface area contributed by atoms with E-state index in [1.54, 1.807) is 36.4 Å². The highest BCUT2D eigenvalue weighted by Gasteiger charge is 2.19. The van der Waals surface area contributed by atoms with Gasteiger partial charge in [-0.15, -0.1) is 0 Å². The molecule has 30 heavy (non-hydrogen) atoms. The van der Waals surface area contributed by atoms with Gasteiger partial charge in [-0.1, -0.05) is 29.4 Å². The van der Waals surface area contributed by atoms with Crippen LogP contribution in [0.15, 0.2) is 77.3 Å². The van der Waals surface area contributed by atoms with Crippen LogP contribution in [0.25, 0.3) is 22.8 Å². The molecule has 3 aromatic carbocycles. The fourth-order valence-electron chi connectivity index (χ4n) is 2.82. The van der Waals surface area contributed by atoms with Crippen molar-refractivity contribution in [3.8, 4) is 22.8 Å². The first-order valence-electron chi connectivity index (χ1n) is 8.77. The number of nitrogens with zero attached hydrogens (tertiary/aromatic N) is 3. The average Bonchev–Trinajstić information content (AvgIpc) is 3.24. The maximum Gasteiger partial charge on any atom is 0.269 e.